The molecule has 7 nitrogen and oxygen atoms in total. The lowest BCUT2D eigenvalue weighted by atomic mass is 10.1. The molecular formula is C18H24FN5O2. The van der Waals surface area contributed by atoms with Crippen molar-refractivity contribution in [1.29, 1.82) is 0 Å². The van der Waals surface area contributed by atoms with E-state index in [2.05, 4.69) is 20.5 Å². The SMILES string of the molecule is CC(c1ccc(F)cc1)n1cc(C(=O)NCCCN2CCOCC2)nn1. The number of carbonyl (C=O) groups is 1. The fraction of sp³-hybridized carbons (Fsp3) is 0.500. The van der Waals surface area contributed by atoms with Crippen LogP contribution >= 0.6 is 0 Å². The van der Waals surface area contributed by atoms with E-state index in [-0.39, 0.29) is 23.5 Å². The molecule has 1 aliphatic rings. The molecule has 1 N–H and O–H groups in total. The van der Waals surface area contributed by atoms with Crippen molar-refractivity contribution < 1.29 is 13.9 Å². The molecule has 3 rings (SSSR count). The normalized spacial score (nSPS) is 16.4. The molecule has 1 aromatic carbocycles. The smallest absolute Gasteiger partial charge is 0.273 e. The Morgan fingerprint density at radius 2 is 2.04 bits per heavy atom. The highest BCUT2D eigenvalue weighted by molar-refractivity contribution is 5.91. The number of carbonyl (C=O) groups excluding carboxylic acids is 1. The lowest BCUT2D eigenvalue weighted by Crippen LogP contribution is -2.38. The summed E-state index contributed by atoms with van der Waals surface area (Å²) in [6.45, 7) is 6.91. The molecule has 2 heterocycles. The highest BCUT2D eigenvalue weighted by Crippen LogP contribution is 2.17. The van der Waals surface area contributed by atoms with E-state index in [1.54, 1.807) is 23.0 Å². The van der Waals surface area contributed by atoms with Gasteiger partial charge in [0.2, 0.25) is 0 Å². The number of hydrogen-bond acceptors (Lipinski definition) is 5. The predicted molar refractivity (Wildman–Crippen MR) is 94.4 cm³/mol. The van der Waals surface area contributed by atoms with Crippen LogP contribution in [0.1, 0.15) is 35.4 Å². The minimum absolute atomic E-state index is 0.133. The van der Waals surface area contributed by atoms with Crippen LogP contribution in [0.15, 0.2) is 30.5 Å². The zero-order valence-electron chi connectivity index (χ0n) is 14.9. The Labute approximate surface area is 152 Å². The topological polar surface area (TPSA) is 72.3 Å². The lowest BCUT2D eigenvalue weighted by Gasteiger charge is -2.26. The molecule has 8 heteroatoms. The lowest BCUT2D eigenvalue weighted by molar-refractivity contribution is 0.0374. The van der Waals surface area contributed by atoms with Crippen LogP contribution in [0.4, 0.5) is 4.39 Å². The summed E-state index contributed by atoms with van der Waals surface area (Å²) in [4.78, 5) is 14.5. The average Bonchev–Trinajstić information content (AvgIpc) is 3.16. The molecule has 2 aromatic rings. The van der Waals surface area contributed by atoms with Crippen molar-refractivity contribution in [2.75, 3.05) is 39.4 Å². The maximum atomic E-state index is 13.0. The second-order valence-corrected chi connectivity index (χ2v) is 6.37. The van der Waals surface area contributed by atoms with Gasteiger partial charge in [-0.2, -0.15) is 0 Å². The van der Waals surface area contributed by atoms with Crippen LogP contribution in [-0.4, -0.2) is 65.2 Å². The minimum Gasteiger partial charge on any atom is -0.379 e. The van der Waals surface area contributed by atoms with Gasteiger partial charge in [-0.25, -0.2) is 9.07 Å². The quantitative estimate of drug-likeness (QED) is 0.757. The van der Waals surface area contributed by atoms with Gasteiger partial charge in [-0.1, -0.05) is 17.3 Å². The largest absolute Gasteiger partial charge is 0.379 e. The molecule has 0 aliphatic carbocycles. The van der Waals surface area contributed by atoms with Crippen molar-refractivity contribution in [3.8, 4) is 0 Å². The Hall–Kier alpha value is -2.32. The molecule has 1 aliphatic heterocycles. The van der Waals surface area contributed by atoms with Gasteiger partial charge < -0.3 is 10.1 Å². The van der Waals surface area contributed by atoms with Gasteiger partial charge >= 0.3 is 0 Å². The van der Waals surface area contributed by atoms with Crippen LogP contribution in [0.3, 0.4) is 0 Å². The molecule has 0 spiro atoms. The molecule has 1 unspecified atom stereocenters. The summed E-state index contributed by atoms with van der Waals surface area (Å²) in [6, 6.07) is 6.08. The van der Waals surface area contributed by atoms with Gasteiger partial charge in [0.1, 0.15) is 5.82 Å². The van der Waals surface area contributed by atoms with Crippen LogP contribution in [0.25, 0.3) is 0 Å². The number of hydrogen-bond donors (Lipinski definition) is 1. The van der Waals surface area contributed by atoms with Gasteiger partial charge in [0, 0.05) is 19.6 Å². The van der Waals surface area contributed by atoms with Crippen LogP contribution in [0.2, 0.25) is 0 Å². The summed E-state index contributed by atoms with van der Waals surface area (Å²) in [6.07, 6.45) is 2.50. The maximum Gasteiger partial charge on any atom is 0.273 e. The van der Waals surface area contributed by atoms with E-state index < -0.39 is 0 Å². The number of rotatable bonds is 7. The van der Waals surface area contributed by atoms with E-state index in [4.69, 9.17) is 4.74 Å². The van der Waals surface area contributed by atoms with Crippen LogP contribution in [0.5, 0.6) is 0 Å². The molecule has 0 bridgehead atoms. The predicted octanol–water partition coefficient (Wildman–Crippen LogP) is 1.48. The van der Waals surface area contributed by atoms with Gasteiger partial charge in [0.25, 0.3) is 5.91 Å². The molecule has 0 saturated carbocycles. The summed E-state index contributed by atoms with van der Waals surface area (Å²) >= 11 is 0. The van der Waals surface area contributed by atoms with E-state index >= 15 is 0 Å². The molecule has 1 fully saturated rings. The Morgan fingerprint density at radius 3 is 2.77 bits per heavy atom. The average molecular weight is 361 g/mol. The molecule has 1 aromatic heterocycles. The van der Waals surface area contributed by atoms with Crippen molar-refractivity contribution in [2.45, 2.75) is 19.4 Å². The third-order valence-corrected chi connectivity index (χ3v) is 4.53. The van der Waals surface area contributed by atoms with Crippen molar-refractivity contribution in [1.82, 2.24) is 25.2 Å². The summed E-state index contributed by atoms with van der Waals surface area (Å²) in [7, 11) is 0. The number of nitrogens with one attached hydrogen (secondary N) is 1. The number of aromatic nitrogens is 3. The Balaban J connectivity index is 1.47. The zero-order valence-corrected chi connectivity index (χ0v) is 14.9. The molecule has 0 radical (unpaired) electrons. The van der Waals surface area contributed by atoms with Crippen molar-refractivity contribution >= 4 is 5.91 Å². The first-order valence-corrected chi connectivity index (χ1v) is 8.89. The minimum atomic E-state index is -0.281. The Bertz CT molecular complexity index is 713. The van der Waals surface area contributed by atoms with Gasteiger partial charge in [0.05, 0.1) is 25.5 Å². The van der Waals surface area contributed by atoms with Crippen LogP contribution < -0.4 is 5.32 Å². The first-order chi connectivity index (χ1) is 12.6. The van der Waals surface area contributed by atoms with Crippen LogP contribution in [0, 0.1) is 5.82 Å². The number of amides is 1. The van der Waals surface area contributed by atoms with E-state index in [1.807, 2.05) is 6.92 Å². The second-order valence-electron chi connectivity index (χ2n) is 6.37. The third-order valence-electron chi connectivity index (χ3n) is 4.53. The first kappa shape index (κ1) is 18.5. The van der Waals surface area contributed by atoms with Gasteiger partial charge in [-0.05, 0) is 37.6 Å². The maximum absolute atomic E-state index is 13.0. The highest BCUT2D eigenvalue weighted by Gasteiger charge is 2.15. The van der Waals surface area contributed by atoms with E-state index in [1.165, 1.54) is 12.1 Å². The van der Waals surface area contributed by atoms with Gasteiger partial charge in [-0.15, -0.1) is 5.10 Å². The summed E-state index contributed by atoms with van der Waals surface area (Å²) in [5.41, 5.74) is 1.18. The molecule has 26 heavy (non-hydrogen) atoms. The van der Waals surface area contributed by atoms with Crippen LogP contribution in [-0.2, 0) is 4.74 Å². The van der Waals surface area contributed by atoms with Gasteiger partial charge in [0.15, 0.2) is 5.69 Å². The Kier molecular flexibility index (Phi) is 6.30. The van der Waals surface area contributed by atoms with E-state index in [9.17, 15) is 9.18 Å². The molecule has 1 amide bonds. The van der Waals surface area contributed by atoms with Crippen molar-refractivity contribution in [2.24, 2.45) is 0 Å². The molecular weight excluding hydrogens is 337 g/mol. The van der Waals surface area contributed by atoms with Crippen molar-refractivity contribution in [3.63, 3.8) is 0 Å². The van der Waals surface area contributed by atoms with E-state index in [0.29, 0.717) is 6.54 Å². The Morgan fingerprint density at radius 1 is 1.31 bits per heavy atom. The number of benzene rings is 1. The summed E-state index contributed by atoms with van der Waals surface area (Å²) in [5, 5.41) is 10.9. The highest BCUT2D eigenvalue weighted by atomic mass is 19.1. The first-order valence-electron chi connectivity index (χ1n) is 8.89. The number of morpholine rings is 1. The second kappa shape index (κ2) is 8.86. The molecule has 1 atom stereocenters. The summed E-state index contributed by atoms with van der Waals surface area (Å²) in [5.74, 6) is -0.513. The molecule has 1 saturated heterocycles. The van der Waals surface area contributed by atoms with Gasteiger partial charge in [-0.3, -0.25) is 9.69 Å². The fourth-order valence-electron chi connectivity index (χ4n) is 2.88. The molecule has 140 valence electrons. The zero-order chi connectivity index (χ0) is 18.4. The third kappa shape index (κ3) is 4.86. The standard InChI is InChI=1S/C18H24FN5O2/c1-14(15-3-5-16(19)6-4-15)24-13-17(21-22-24)18(25)20-7-2-8-23-9-11-26-12-10-23/h3-6,13-14H,2,7-12H2,1H3,(H,20,25). The monoisotopic (exact) mass is 361 g/mol. The summed E-state index contributed by atoms with van der Waals surface area (Å²) < 4.78 is 20.0. The number of halogens is 1. The number of ether oxygens (including phenoxy) is 1. The van der Waals surface area contributed by atoms with E-state index in [0.717, 1.165) is 44.8 Å². The number of nitrogens with zero attached hydrogens (tertiary/aromatic N) is 4. The fourth-order valence-corrected chi connectivity index (χ4v) is 2.88. The van der Waals surface area contributed by atoms with Crippen molar-refractivity contribution in [3.05, 3.63) is 47.5 Å².